The highest BCUT2D eigenvalue weighted by atomic mass is 35.5. The van der Waals surface area contributed by atoms with Gasteiger partial charge in [0.25, 0.3) is 0 Å². The van der Waals surface area contributed by atoms with E-state index in [1.54, 1.807) is 0 Å². The van der Waals surface area contributed by atoms with Gasteiger partial charge < -0.3 is 4.74 Å². The van der Waals surface area contributed by atoms with E-state index < -0.39 is 26.7 Å². The highest BCUT2D eigenvalue weighted by molar-refractivity contribution is 7.89. The number of morpholine rings is 1. The summed E-state index contributed by atoms with van der Waals surface area (Å²) in [5.41, 5.74) is -1.27. The molecule has 1 aromatic carbocycles. The van der Waals surface area contributed by atoms with Crippen molar-refractivity contribution in [2.45, 2.75) is 43.5 Å². The number of ether oxygens (including phenoxy) is 1. The molecule has 0 spiro atoms. The molecule has 1 aliphatic heterocycles. The lowest BCUT2D eigenvalue weighted by Crippen LogP contribution is -2.46. The van der Waals surface area contributed by atoms with Crippen LogP contribution in [0.4, 0.5) is 13.2 Å². The molecule has 2 unspecified atom stereocenters. The van der Waals surface area contributed by atoms with Gasteiger partial charge in [-0.1, -0.05) is 11.6 Å². The lowest BCUT2D eigenvalue weighted by atomic mass is 10.2. The fraction of sp³-hybridized carbons (Fsp3) is 0.625. The predicted octanol–water partition coefficient (Wildman–Crippen LogP) is 3.14. The van der Waals surface area contributed by atoms with Gasteiger partial charge in [0.15, 0.2) is 0 Å². The van der Waals surface area contributed by atoms with E-state index in [1.165, 1.54) is 0 Å². The van der Waals surface area contributed by atoms with Crippen LogP contribution in [0.1, 0.15) is 25.8 Å². The van der Waals surface area contributed by atoms with E-state index >= 15 is 0 Å². The molecule has 148 valence electrons. The largest absolute Gasteiger partial charge is 0.417 e. The lowest BCUT2D eigenvalue weighted by Gasteiger charge is -2.35. The van der Waals surface area contributed by atoms with Gasteiger partial charge in [-0.15, -0.1) is 0 Å². The van der Waals surface area contributed by atoms with Crippen molar-refractivity contribution in [2.24, 2.45) is 0 Å². The summed E-state index contributed by atoms with van der Waals surface area (Å²) in [6, 6.07) is 2.62. The minimum atomic E-state index is -4.81. The van der Waals surface area contributed by atoms with E-state index in [2.05, 4.69) is 9.62 Å². The molecular weight excluding hydrogens is 393 g/mol. The molecule has 0 amide bonds. The molecule has 0 aromatic heterocycles. The van der Waals surface area contributed by atoms with Gasteiger partial charge in [-0.3, -0.25) is 4.90 Å². The average molecular weight is 415 g/mol. The monoisotopic (exact) mass is 414 g/mol. The Bertz CT molecular complexity index is 718. The Morgan fingerprint density at radius 2 is 1.88 bits per heavy atom. The predicted molar refractivity (Wildman–Crippen MR) is 92.7 cm³/mol. The van der Waals surface area contributed by atoms with Crippen molar-refractivity contribution in [3.63, 3.8) is 0 Å². The first-order chi connectivity index (χ1) is 12.0. The minimum Gasteiger partial charge on any atom is -0.373 e. The van der Waals surface area contributed by atoms with Gasteiger partial charge in [0, 0.05) is 24.7 Å². The molecule has 5 nitrogen and oxygen atoms in total. The molecule has 1 N–H and O–H groups in total. The van der Waals surface area contributed by atoms with Crippen LogP contribution in [0.2, 0.25) is 5.02 Å². The summed E-state index contributed by atoms with van der Waals surface area (Å²) in [5, 5.41) is -0.174. The van der Waals surface area contributed by atoms with Gasteiger partial charge >= 0.3 is 6.18 Å². The zero-order valence-corrected chi connectivity index (χ0v) is 16.1. The fourth-order valence-electron chi connectivity index (χ4n) is 3.01. The molecule has 2 rings (SSSR count). The summed E-state index contributed by atoms with van der Waals surface area (Å²) in [5.74, 6) is 0. The first-order valence-electron chi connectivity index (χ1n) is 8.23. The maximum Gasteiger partial charge on any atom is 0.417 e. The van der Waals surface area contributed by atoms with Crippen molar-refractivity contribution >= 4 is 21.6 Å². The number of rotatable bonds is 6. The number of alkyl halides is 3. The molecule has 1 aliphatic rings. The fourth-order valence-corrected chi connectivity index (χ4v) is 4.46. The molecule has 2 atom stereocenters. The Kier molecular flexibility index (Phi) is 6.95. The third-order valence-corrected chi connectivity index (χ3v) is 5.73. The van der Waals surface area contributed by atoms with E-state index in [0.717, 1.165) is 25.2 Å². The van der Waals surface area contributed by atoms with Gasteiger partial charge in [-0.05, 0) is 45.0 Å². The van der Waals surface area contributed by atoms with Gasteiger partial charge in [0.05, 0.1) is 22.7 Å². The average Bonchev–Trinajstić information content (AvgIpc) is 2.49. The number of benzene rings is 1. The van der Waals surface area contributed by atoms with Crippen LogP contribution in [0.3, 0.4) is 0 Å². The minimum absolute atomic E-state index is 0.0440. The van der Waals surface area contributed by atoms with E-state index in [0.29, 0.717) is 19.0 Å². The van der Waals surface area contributed by atoms with Crippen molar-refractivity contribution in [2.75, 3.05) is 26.2 Å². The molecule has 26 heavy (non-hydrogen) atoms. The molecule has 1 fully saturated rings. The van der Waals surface area contributed by atoms with Crippen molar-refractivity contribution < 1.29 is 26.3 Å². The zero-order valence-electron chi connectivity index (χ0n) is 14.5. The second-order valence-electron chi connectivity index (χ2n) is 6.41. The number of nitrogens with one attached hydrogen (secondary N) is 1. The Labute approximate surface area is 156 Å². The van der Waals surface area contributed by atoms with Crippen LogP contribution in [0, 0.1) is 0 Å². The van der Waals surface area contributed by atoms with Crippen LogP contribution in [0.25, 0.3) is 0 Å². The highest BCUT2D eigenvalue weighted by Crippen LogP contribution is 2.35. The van der Waals surface area contributed by atoms with Gasteiger partial charge in [0.2, 0.25) is 10.0 Å². The van der Waals surface area contributed by atoms with E-state index in [1.807, 2.05) is 13.8 Å². The topological polar surface area (TPSA) is 58.6 Å². The van der Waals surface area contributed by atoms with E-state index in [4.69, 9.17) is 16.3 Å². The quantitative estimate of drug-likeness (QED) is 0.726. The Morgan fingerprint density at radius 3 is 2.46 bits per heavy atom. The normalized spacial score (nSPS) is 22.5. The van der Waals surface area contributed by atoms with Crippen LogP contribution in [0.5, 0.6) is 0 Å². The number of halogens is 4. The van der Waals surface area contributed by atoms with Crippen LogP contribution < -0.4 is 4.72 Å². The zero-order chi connectivity index (χ0) is 19.5. The summed E-state index contributed by atoms with van der Waals surface area (Å²) in [6.45, 7) is 6.09. The van der Waals surface area contributed by atoms with Gasteiger partial charge in [0.1, 0.15) is 0 Å². The van der Waals surface area contributed by atoms with Crippen LogP contribution >= 0.6 is 11.6 Å². The number of nitrogens with zero attached hydrogens (tertiary/aromatic N) is 1. The summed E-state index contributed by atoms with van der Waals surface area (Å²) in [7, 11) is -4.29. The maximum absolute atomic E-state index is 13.1. The SMILES string of the molecule is CC1CN(CCCNS(=O)(=O)c2ccc(Cl)cc2C(F)(F)F)CC(C)O1. The highest BCUT2D eigenvalue weighted by Gasteiger charge is 2.37. The molecule has 0 saturated carbocycles. The molecule has 0 bridgehead atoms. The number of hydrogen-bond donors (Lipinski definition) is 1. The van der Waals surface area contributed by atoms with Crippen molar-refractivity contribution in [3.05, 3.63) is 28.8 Å². The van der Waals surface area contributed by atoms with Gasteiger partial charge in [-0.2, -0.15) is 13.2 Å². The Balaban J connectivity index is 1.97. The van der Waals surface area contributed by atoms with Gasteiger partial charge in [-0.25, -0.2) is 13.1 Å². The first kappa shape index (κ1) is 21.4. The van der Waals surface area contributed by atoms with Crippen LogP contribution in [-0.4, -0.2) is 51.7 Å². The second kappa shape index (κ2) is 8.43. The summed E-state index contributed by atoms with van der Waals surface area (Å²) in [6.07, 6.45) is -4.14. The van der Waals surface area contributed by atoms with Crippen molar-refractivity contribution in [3.8, 4) is 0 Å². The van der Waals surface area contributed by atoms with E-state index in [-0.39, 0.29) is 23.8 Å². The summed E-state index contributed by atoms with van der Waals surface area (Å²) in [4.78, 5) is 1.33. The van der Waals surface area contributed by atoms with Crippen molar-refractivity contribution in [1.82, 2.24) is 9.62 Å². The van der Waals surface area contributed by atoms with Crippen LogP contribution in [0.15, 0.2) is 23.1 Å². The molecular formula is C16H22ClF3N2O3S. The standard InChI is InChI=1S/C16H22ClF3N2O3S/c1-11-9-22(10-12(2)25-11)7-3-6-21-26(23,24)15-5-4-13(17)8-14(15)16(18,19)20/h4-5,8,11-12,21H,3,6-7,9-10H2,1-2H3. The molecule has 1 heterocycles. The van der Waals surface area contributed by atoms with Crippen LogP contribution in [-0.2, 0) is 20.9 Å². The lowest BCUT2D eigenvalue weighted by molar-refractivity contribution is -0.139. The number of sulfonamides is 1. The third kappa shape index (κ3) is 5.82. The Hall–Kier alpha value is -0.870. The first-order valence-corrected chi connectivity index (χ1v) is 10.1. The maximum atomic E-state index is 13.1. The molecule has 1 saturated heterocycles. The smallest absolute Gasteiger partial charge is 0.373 e. The second-order valence-corrected chi connectivity index (χ2v) is 8.58. The molecule has 1 aromatic rings. The van der Waals surface area contributed by atoms with E-state index in [9.17, 15) is 21.6 Å². The summed E-state index contributed by atoms with van der Waals surface area (Å²) < 4.78 is 71.7. The van der Waals surface area contributed by atoms with Crippen molar-refractivity contribution in [1.29, 1.82) is 0 Å². The summed E-state index contributed by atoms with van der Waals surface area (Å²) >= 11 is 5.58. The molecule has 10 heteroatoms. The molecule has 0 aliphatic carbocycles. The molecule has 0 radical (unpaired) electrons. The Morgan fingerprint density at radius 1 is 1.27 bits per heavy atom. The third-order valence-electron chi connectivity index (χ3n) is 3.97. The number of hydrogen-bond acceptors (Lipinski definition) is 4.